The van der Waals surface area contributed by atoms with Crippen LogP contribution in [-0.4, -0.2) is 6.43 Å². The van der Waals surface area contributed by atoms with Gasteiger partial charge in [-0.2, -0.15) is 0 Å². The van der Waals surface area contributed by atoms with Gasteiger partial charge in [-0.1, -0.05) is 11.6 Å². The zero-order valence-corrected chi connectivity index (χ0v) is 7.53. The third-order valence-electron chi connectivity index (χ3n) is 1.65. The van der Waals surface area contributed by atoms with Crippen molar-refractivity contribution in [3.63, 3.8) is 0 Å². The molecule has 0 aliphatic heterocycles. The summed E-state index contributed by atoms with van der Waals surface area (Å²) in [6.07, 6.45) is -3.03. The number of alkyl halides is 2. The quantitative estimate of drug-likeness (QED) is 0.773. The van der Waals surface area contributed by atoms with Gasteiger partial charge in [0.2, 0.25) is 0 Å². The Hall–Kier alpha value is -0.810. The Balaban J connectivity index is 3.20. The fraction of sp³-hybridized carbons (Fsp3) is 0.250. The highest BCUT2D eigenvalue weighted by atomic mass is 35.5. The first-order valence-electron chi connectivity index (χ1n) is 3.61. The van der Waals surface area contributed by atoms with Crippen molar-refractivity contribution in [1.82, 2.24) is 0 Å². The monoisotopic (exact) mass is 227 g/mol. The Kier molecular flexibility index (Phi) is 3.34. The first-order valence-corrected chi connectivity index (χ1v) is 3.99. The van der Waals surface area contributed by atoms with E-state index in [2.05, 4.69) is 0 Å². The van der Waals surface area contributed by atoms with E-state index in [9.17, 15) is 17.6 Å². The Morgan fingerprint density at radius 1 is 1.14 bits per heavy atom. The van der Waals surface area contributed by atoms with E-state index in [1.165, 1.54) is 0 Å². The molecular formula is C8H6ClF4N. The SMILES string of the molecule is N[C@H](c1c(F)cc(Cl)cc1F)C(F)F. The number of hydrogen-bond donors (Lipinski definition) is 1. The van der Waals surface area contributed by atoms with Gasteiger partial charge in [-0.3, -0.25) is 0 Å². The Morgan fingerprint density at radius 2 is 1.57 bits per heavy atom. The Labute approximate surface area is 82.5 Å². The molecule has 1 rings (SSSR count). The molecule has 1 aromatic rings. The number of benzene rings is 1. The molecule has 1 nitrogen and oxygen atoms in total. The molecule has 0 aliphatic rings. The molecule has 0 saturated carbocycles. The highest BCUT2D eigenvalue weighted by molar-refractivity contribution is 6.30. The van der Waals surface area contributed by atoms with Crippen molar-refractivity contribution in [2.75, 3.05) is 0 Å². The molecular weight excluding hydrogens is 222 g/mol. The van der Waals surface area contributed by atoms with Crippen molar-refractivity contribution in [2.24, 2.45) is 5.73 Å². The normalized spacial score (nSPS) is 13.4. The minimum Gasteiger partial charge on any atom is -0.319 e. The predicted octanol–water partition coefficient (Wildman–Crippen LogP) is 2.88. The Morgan fingerprint density at radius 3 is 1.93 bits per heavy atom. The minimum absolute atomic E-state index is 0.204. The van der Waals surface area contributed by atoms with Gasteiger partial charge in [0.15, 0.2) is 0 Å². The lowest BCUT2D eigenvalue weighted by Gasteiger charge is -2.12. The molecule has 78 valence electrons. The van der Waals surface area contributed by atoms with Gasteiger partial charge in [0.05, 0.1) is 6.04 Å². The molecule has 0 aliphatic carbocycles. The van der Waals surface area contributed by atoms with Crippen LogP contribution in [0.2, 0.25) is 5.02 Å². The van der Waals surface area contributed by atoms with Gasteiger partial charge in [-0.05, 0) is 12.1 Å². The van der Waals surface area contributed by atoms with Crippen molar-refractivity contribution in [2.45, 2.75) is 12.5 Å². The van der Waals surface area contributed by atoms with E-state index < -0.39 is 29.7 Å². The van der Waals surface area contributed by atoms with Crippen LogP contribution in [0.1, 0.15) is 11.6 Å². The van der Waals surface area contributed by atoms with Crippen LogP contribution in [-0.2, 0) is 0 Å². The maximum Gasteiger partial charge on any atom is 0.257 e. The summed E-state index contributed by atoms with van der Waals surface area (Å²) in [4.78, 5) is 0. The summed E-state index contributed by atoms with van der Waals surface area (Å²) >= 11 is 5.30. The van der Waals surface area contributed by atoms with E-state index in [4.69, 9.17) is 17.3 Å². The van der Waals surface area contributed by atoms with Gasteiger partial charge in [-0.15, -0.1) is 0 Å². The average Bonchev–Trinajstić information content (AvgIpc) is 2.01. The van der Waals surface area contributed by atoms with Gasteiger partial charge >= 0.3 is 0 Å². The van der Waals surface area contributed by atoms with E-state index in [0.29, 0.717) is 0 Å². The van der Waals surface area contributed by atoms with Gasteiger partial charge < -0.3 is 5.73 Å². The van der Waals surface area contributed by atoms with Gasteiger partial charge in [0.25, 0.3) is 6.43 Å². The third-order valence-corrected chi connectivity index (χ3v) is 1.87. The summed E-state index contributed by atoms with van der Waals surface area (Å²) in [5, 5.41) is -0.204. The van der Waals surface area contributed by atoms with Crippen LogP contribution in [0.4, 0.5) is 17.6 Å². The molecule has 2 N–H and O–H groups in total. The molecule has 0 aromatic heterocycles. The van der Waals surface area contributed by atoms with Crippen LogP contribution in [0.25, 0.3) is 0 Å². The predicted molar refractivity (Wildman–Crippen MR) is 44.3 cm³/mol. The highest BCUT2D eigenvalue weighted by Gasteiger charge is 2.25. The van der Waals surface area contributed by atoms with E-state index in [-0.39, 0.29) is 5.02 Å². The van der Waals surface area contributed by atoms with Gasteiger partial charge in [0.1, 0.15) is 11.6 Å². The maximum atomic E-state index is 13.0. The van der Waals surface area contributed by atoms with Crippen LogP contribution in [0.15, 0.2) is 12.1 Å². The topological polar surface area (TPSA) is 26.0 Å². The van der Waals surface area contributed by atoms with E-state index >= 15 is 0 Å². The molecule has 1 atom stereocenters. The standard InChI is InChI=1S/C8H6ClF4N/c9-3-1-4(10)6(5(11)2-3)7(14)8(12)13/h1-2,7-8H,14H2/t7-/m1/s1. The largest absolute Gasteiger partial charge is 0.319 e. The maximum absolute atomic E-state index is 13.0. The molecule has 1 aromatic carbocycles. The smallest absolute Gasteiger partial charge is 0.257 e. The molecule has 0 heterocycles. The fourth-order valence-corrected chi connectivity index (χ4v) is 1.19. The Bertz CT molecular complexity index is 319. The second kappa shape index (κ2) is 4.14. The van der Waals surface area contributed by atoms with Crippen molar-refractivity contribution in [3.05, 3.63) is 34.4 Å². The summed E-state index contributed by atoms with van der Waals surface area (Å²) in [7, 11) is 0. The lowest BCUT2D eigenvalue weighted by atomic mass is 10.1. The zero-order chi connectivity index (χ0) is 10.9. The highest BCUT2D eigenvalue weighted by Crippen LogP contribution is 2.26. The first kappa shape index (κ1) is 11.3. The summed E-state index contributed by atoms with van der Waals surface area (Å²) in [5.74, 6) is -2.33. The fourth-order valence-electron chi connectivity index (χ4n) is 0.998. The van der Waals surface area contributed by atoms with Crippen molar-refractivity contribution in [1.29, 1.82) is 0 Å². The number of halogens is 5. The van der Waals surface area contributed by atoms with Crippen LogP contribution >= 0.6 is 11.6 Å². The van der Waals surface area contributed by atoms with Crippen LogP contribution in [0, 0.1) is 11.6 Å². The van der Waals surface area contributed by atoms with Gasteiger partial charge in [-0.25, -0.2) is 17.6 Å². The van der Waals surface area contributed by atoms with E-state index in [0.717, 1.165) is 12.1 Å². The second-order valence-corrected chi connectivity index (χ2v) is 3.08. The first-order chi connectivity index (χ1) is 6.43. The summed E-state index contributed by atoms with van der Waals surface area (Å²) in [6.45, 7) is 0. The second-order valence-electron chi connectivity index (χ2n) is 2.64. The van der Waals surface area contributed by atoms with Crippen molar-refractivity contribution >= 4 is 11.6 Å². The number of nitrogens with two attached hydrogens (primary N) is 1. The molecule has 0 saturated heterocycles. The van der Waals surface area contributed by atoms with Crippen LogP contribution < -0.4 is 5.73 Å². The lowest BCUT2D eigenvalue weighted by Crippen LogP contribution is -2.21. The molecule has 6 heteroatoms. The number of rotatable bonds is 2. The molecule has 0 fully saturated rings. The number of hydrogen-bond acceptors (Lipinski definition) is 1. The minimum atomic E-state index is -3.03. The molecule has 0 bridgehead atoms. The van der Waals surface area contributed by atoms with Crippen molar-refractivity contribution < 1.29 is 17.6 Å². The lowest BCUT2D eigenvalue weighted by molar-refractivity contribution is 0.113. The summed E-state index contributed by atoms with van der Waals surface area (Å²) in [6, 6.07) is -0.503. The van der Waals surface area contributed by atoms with E-state index in [1.807, 2.05) is 0 Å². The molecule has 0 spiro atoms. The van der Waals surface area contributed by atoms with Crippen LogP contribution in [0.5, 0.6) is 0 Å². The average molecular weight is 228 g/mol. The van der Waals surface area contributed by atoms with E-state index in [1.54, 1.807) is 0 Å². The van der Waals surface area contributed by atoms with Crippen LogP contribution in [0.3, 0.4) is 0 Å². The molecule has 14 heavy (non-hydrogen) atoms. The molecule has 0 amide bonds. The molecule has 0 unspecified atom stereocenters. The summed E-state index contributed by atoms with van der Waals surface area (Å²) in [5.41, 5.74) is 4.07. The van der Waals surface area contributed by atoms with Gasteiger partial charge in [0, 0.05) is 10.6 Å². The zero-order valence-electron chi connectivity index (χ0n) is 6.78. The molecule has 0 radical (unpaired) electrons. The van der Waals surface area contributed by atoms with Crippen molar-refractivity contribution in [3.8, 4) is 0 Å². The third kappa shape index (κ3) is 2.16. The summed E-state index contributed by atoms with van der Waals surface area (Å²) < 4.78 is 50.1.